The van der Waals surface area contributed by atoms with Crippen LogP contribution in [0.4, 0.5) is 4.39 Å². The van der Waals surface area contributed by atoms with Gasteiger partial charge < -0.3 is 9.64 Å². The molecule has 1 aromatic rings. The van der Waals surface area contributed by atoms with Crippen LogP contribution in [0.25, 0.3) is 0 Å². The molecule has 0 aromatic heterocycles. The Bertz CT molecular complexity index is 552. The van der Waals surface area contributed by atoms with Crippen molar-refractivity contribution in [3.63, 3.8) is 0 Å². The lowest BCUT2D eigenvalue weighted by Crippen LogP contribution is -2.45. The van der Waals surface area contributed by atoms with Crippen LogP contribution in [0.3, 0.4) is 0 Å². The van der Waals surface area contributed by atoms with Gasteiger partial charge in [-0.1, -0.05) is 12.1 Å². The van der Waals surface area contributed by atoms with E-state index >= 15 is 0 Å². The molecule has 5 heteroatoms. The number of hydrogen-bond donors (Lipinski definition) is 0. The summed E-state index contributed by atoms with van der Waals surface area (Å²) in [5, 5.41) is 0. The minimum Gasteiger partial charge on any atom is -0.379 e. The molecule has 1 atom stereocenters. The molecule has 1 unspecified atom stereocenters. The van der Waals surface area contributed by atoms with Crippen molar-refractivity contribution < 1.29 is 13.9 Å². The molecule has 2 saturated heterocycles. The second-order valence-corrected chi connectivity index (χ2v) is 6.96. The highest BCUT2D eigenvalue weighted by atomic mass is 19.1. The smallest absolute Gasteiger partial charge is 0.229 e. The molecule has 3 rings (SSSR count). The number of morpholine rings is 1. The van der Waals surface area contributed by atoms with Crippen LogP contribution < -0.4 is 0 Å². The van der Waals surface area contributed by atoms with Crippen molar-refractivity contribution in [2.24, 2.45) is 5.92 Å². The summed E-state index contributed by atoms with van der Waals surface area (Å²) in [7, 11) is 0. The molecule has 0 radical (unpaired) electrons. The van der Waals surface area contributed by atoms with E-state index in [2.05, 4.69) is 4.90 Å². The number of halogens is 1. The van der Waals surface area contributed by atoms with Gasteiger partial charge in [-0.3, -0.25) is 9.69 Å². The fourth-order valence-electron chi connectivity index (χ4n) is 3.68. The molecule has 1 amide bonds. The Morgan fingerprint density at radius 1 is 1.25 bits per heavy atom. The second kappa shape index (κ2) is 8.08. The summed E-state index contributed by atoms with van der Waals surface area (Å²) in [6.07, 6.45) is 2.11. The number of piperidine rings is 1. The number of ether oxygens (including phenoxy) is 1. The number of benzene rings is 1. The van der Waals surface area contributed by atoms with Gasteiger partial charge in [-0.05, 0) is 43.4 Å². The van der Waals surface area contributed by atoms with Crippen molar-refractivity contribution in [1.29, 1.82) is 0 Å². The van der Waals surface area contributed by atoms with Crippen molar-refractivity contribution in [2.75, 3.05) is 45.9 Å². The Hall–Kier alpha value is -1.46. The van der Waals surface area contributed by atoms with Crippen LogP contribution in [-0.4, -0.2) is 61.6 Å². The molecule has 132 valence electrons. The first kappa shape index (κ1) is 17.4. The van der Waals surface area contributed by atoms with Gasteiger partial charge >= 0.3 is 0 Å². The van der Waals surface area contributed by atoms with E-state index in [-0.39, 0.29) is 17.6 Å². The maximum Gasteiger partial charge on any atom is 0.229 e. The summed E-state index contributed by atoms with van der Waals surface area (Å²) in [6, 6.07) is 6.38. The summed E-state index contributed by atoms with van der Waals surface area (Å²) in [5.41, 5.74) is 0.760. The lowest BCUT2D eigenvalue weighted by molar-refractivity contribution is -0.134. The van der Waals surface area contributed by atoms with E-state index in [0.717, 1.165) is 64.3 Å². The standard InChI is InChI=1S/C19H27FN2O2/c1-15(17-3-2-4-18(20)13-17)19(23)22-7-5-16(6-8-22)14-21-9-11-24-12-10-21/h2-4,13,15-16H,5-12,14H2,1H3. The number of carbonyl (C=O) groups excluding carboxylic acids is 1. The summed E-state index contributed by atoms with van der Waals surface area (Å²) in [4.78, 5) is 17.1. The molecule has 24 heavy (non-hydrogen) atoms. The fourth-order valence-corrected chi connectivity index (χ4v) is 3.68. The van der Waals surface area contributed by atoms with Crippen molar-refractivity contribution in [3.05, 3.63) is 35.6 Å². The first-order valence-corrected chi connectivity index (χ1v) is 8.98. The highest BCUT2D eigenvalue weighted by molar-refractivity contribution is 5.83. The van der Waals surface area contributed by atoms with Crippen LogP contribution in [0.5, 0.6) is 0 Å². The first-order chi connectivity index (χ1) is 11.6. The molecule has 1 aromatic carbocycles. The highest BCUT2D eigenvalue weighted by Crippen LogP contribution is 2.24. The Morgan fingerprint density at radius 3 is 2.62 bits per heavy atom. The maximum atomic E-state index is 13.4. The summed E-state index contributed by atoms with van der Waals surface area (Å²) < 4.78 is 18.8. The van der Waals surface area contributed by atoms with Crippen molar-refractivity contribution in [2.45, 2.75) is 25.7 Å². The Labute approximate surface area is 143 Å². The third kappa shape index (κ3) is 4.33. The van der Waals surface area contributed by atoms with E-state index in [0.29, 0.717) is 5.92 Å². The van der Waals surface area contributed by atoms with Crippen LogP contribution in [0.2, 0.25) is 0 Å². The lowest BCUT2D eigenvalue weighted by atomic mass is 9.93. The van der Waals surface area contributed by atoms with Crippen LogP contribution in [0, 0.1) is 11.7 Å². The van der Waals surface area contributed by atoms with Gasteiger partial charge in [-0.2, -0.15) is 0 Å². The van der Waals surface area contributed by atoms with Gasteiger partial charge in [0, 0.05) is 32.7 Å². The minimum atomic E-state index is -0.281. The monoisotopic (exact) mass is 334 g/mol. The maximum absolute atomic E-state index is 13.4. The zero-order valence-electron chi connectivity index (χ0n) is 14.4. The van der Waals surface area contributed by atoms with Crippen LogP contribution in [0.15, 0.2) is 24.3 Å². The second-order valence-electron chi connectivity index (χ2n) is 6.96. The summed E-state index contributed by atoms with van der Waals surface area (Å²) >= 11 is 0. The quantitative estimate of drug-likeness (QED) is 0.848. The number of likely N-dealkylation sites (tertiary alicyclic amines) is 1. The molecule has 2 heterocycles. The molecule has 0 spiro atoms. The van der Waals surface area contributed by atoms with E-state index < -0.39 is 0 Å². The molecule has 2 aliphatic rings. The highest BCUT2D eigenvalue weighted by Gasteiger charge is 2.28. The van der Waals surface area contributed by atoms with E-state index in [4.69, 9.17) is 4.74 Å². The number of carbonyl (C=O) groups is 1. The Balaban J connectivity index is 1.49. The average Bonchev–Trinajstić information content (AvgIpc) is 2.62. The van der Waals surface area contributed by atoms with Crippen molar-refractivity contribution in [3.8, 4) is 0 Å². The normalized spacial score (nSPS) is 21.7. The number of amides is 1. The average molecular weight is 334 g/mol. The largest absolute Gasteiger partial charge is 0.379 e. The van der Waals surface area contributed by atoms with Gasteiger partial charge in [0.25, 0.3) is 0 Å². The summed E-state index contributed by atoms with van der Waals surface area (Å²) in [6.45, 7) is 8.33. The minimum absolute atomic E-state index is 0.116. The van der Waals surface area contributed by atoms with Crippen molar-refractivity contribution >= 4 is 5.91 Å². The topological polar surface area (TPSA) is 32.8 Å². The van der Waals surface area contributed by atoms with Gasteiger partial charge in [0.05, 0.1) is 19.1 Å². The first-order valence-electron chi connectivity index (χ1n) is 8.98. The SMILES string of the molecule is CC(C(=O)N1CCC(CN2CCOCC2)CC1)c1cccc(F)c1. The zero-order valence-corrected chi connectivity index (χ0v) is 14.4. The molecule has 4 nitrogen and oxygen atoms in total. The summed E-state index contributed by atoms with van der Waals surface area (Å²) in [5.74, 6) is 0.218. The van der Waals surface area contributed by atoms with Gasteiger partial charge in [0.15, 0.2) is 0 Å². The fraction of sp³-hybridized carbons (Fsp3) is 0.632. The third-order valence-electron chi connectivity index (χ3n) is 5.27. The number of nitrogens with zero attached hydrogens (tertiary/aromatic N) is 2. The van der Waals surface area contributed by atoms with Crippen LogP contribution in [0.1, 0.15) is 31.2 Å². The molecule has 0 bridgehead atoms. The Kier molecular flexibility index (Phi) is 5.85. The van der Waals surface area contributed by atoms with E-state index in [1.54, 1.807) is 6.07 Å². The van der Waals surface area contributed by atoms with Gasteiger partial charge in [0.1, 0.15) is 5.82 Å². The number of hydrogen-bond acceptors (Lipinski definition) is 3. The van der Waals surface area contributed by atoms with Crippen molar-refractivity contribution in [1.82, 2.24) is 9.80 Å². The zero-order chi connectivity index (χ0) is 16.9. The van der Waals surface area contributed by atoms with Gasteiger partial charge in [-0.15, -0.1) is 0 Å². The molecule has 2 aliphatic heterocycles. The van der Waals surface area contributed by atoms with Crippen LogP contribution in [-0.2, 0) is 9.53 Å². The molecular formula is C19H27FN2O2. The van der Waals surface area contributed by atoms with Gasteiger partial charge in [0.2, 0.25) is 5.91 Å². The third-order valence-corrected chi connectivity index (χ3v) is 5.27. The van der Waals surface area contributed by atoms with E-state index in [1.807, 2.05) is 17.9 Å². The lowest BCUT2D eigenvalue weighted by Gasteiger charge is -2.37. The molecule has 0 saturated carbocycles. The molecular weight excluding hydrogens is 307 g/mol. The van der Waals surface area contributed by atoms with E-state index in [1.165, 1.54) is 12.1 Å². The number of rotatable bonds is 4. The van der Waals surface area contributed by atoms with Crippen LogP contribution >= 0.6 is 0 Å². The van der Waals surface area contributed by atoms with Gasteiger partial charge in [-0.25, -0.2) is 4.39 Å². The predicted octanol–water partition coefficient (Wildman–Crippen LogP) is 2.50. The molecule has 0 N–H and O–H groups in total. The van der Waals surface area contributed by atoms with E-state index in [9.17, 15) is 9.18 Å². The Morgan fingerprint density at radius 2 is 1.96 bits per heavy atom. The molecule has 0 aliphatic carbocycles. The molecule has 2 fully saturated rings. The predicted molar refractivity (Wildman–Crippen MR) is 91.4 cm³/mol.